The van der Waals surface area contributed by atoms with Gasteiger partial charge in [-0.2, -0.15) is 0 Å². The smallest absolute Gasteiger partial charge is 0.193 e. The maximum Gasteiger partial charge on any atom is 0.193 e. The quantitative estimate of drug-likeness (QED) is 0.793. The van der Waals surface area contributed by atoms with E-state index >= 15 is 0 Å². The molecule has 0 saturated heterocycles. The van der Waals surface area contributed by atoms with Gasteiger partial charge in [-0.3, -0.25) is 0 Å². The summed E-state index contributed by atoms with van der Waals surface area (Å²) in [5.41, 5.74) is 0.709. The fourth-order valence-corrected chi connectivity index (χ4v) is 1.64. The number of aliphatic hydroxyl groups is 1. The van der Waals surface area contributed by atoms with E-state index < -0.39 is 0 Å². The lowest BCUT2D eigenvalue weighted by molar-refractivity contribution is 0.280. The molecule has 0 aliphatic rings. The molecule has 0 fully saturated rings. The third-order valence-corrected chi connectivity index (χ3v) is 2.54. The fourth-order valence-electron chi connectivity index (χ4n) is 0.978. The third kappa shape index (κ3) is 2.74. The monoisotopic (exact) mass is 219 g/mol. The van der Waals surface area contributed by atoms with Crippen molar-refractivity contribution in [3.8, 4) is 0 Å². The van der Waals surface area contributed by atoms with Crippen LogP contribution in [0.1, 0.15) is 5.56 Å². The summed E-state index contributed by atoms with van der Waals surface area (Å²) >= 11 is 1.39. The Balaban J connectivity index is 2.11. The first kappa shape index (κ1) is 10.1. The molecule has 0 saturated carbocycles. The molecule has 5 heteroatoms. The Morgan fingerprint density at radius 3 is 2.53 bits per heavy atom. The third-order valence-electron chi connectivity index (χ3n) is 1.70. The Kier molecular flexibility index (Phi) is 3.26. The number of aliphatic hydroxyl groups excluding tert-OH is 1. The van der Waals surface area contributed by atoms with Crippen LogP contribution in [0.2, 0.25) is 0 Å². The predicted octanol–water partition coefficient (Wildman–Crippen LogP) is 1.52. The van der Waals surface area contributed by atoms with Crippen molar-refractivity contribution < 1.29 is 5.11 Å². The number of pyridine rings is 1. The molecule has 76 valence electrons. The molecule has 0 atom stereocenters. The van der Waals surface area contributed by atoms with Crippen LogP contribution in [0.5, 0.6) is 0 Å². The van der Waals surface area contributed by atoms with E-state index in [4.69, 9.17) is 5.11 Å². The van der Waals surface area contributed by atoms with Crippen LogP contribution in [0.3, 0.4) is 0 Å². The molecule has 0 bridgehead atoms. The molecule has 2 heterocycles. The molecular weight excluding hydrogens is 210 g/mol. The van der Waals surface area contributed by atoms with E-state index in [1.165, 1.54) is 11.8 Å². The second-order valence-corrected chi connectivity index (χ2v) is 3.79. The first-order valence-electron chi connectivity index (χ1n) is 4.39. The molecule has 2 aromatic heterocycles. The van der Waals surface area contributed by atoms with Crippen LogP contribution in [0.15, 0.2) is 47.0 Å². The zero-order valence-electron chi connectivity index (χ0n) is 7.87. The Morgan fingerprint density at radius 2 is 1.93 bits per heavy atom. The van der Waals surface area contributed by atoms with Gasteiger partial charge in [0.1, 0.15) is 5.03 Å². The number of rotatable bonds is 3. The van der Waals surface area contributed by atoms with Crippen molar-refractivity contribution in [3.63, 3.8) is 0 Å². The van der Waals surface area contributed by atoms with Crippen LogP contribution in [-0.4, -0.2) is 20.1 Å². The van der Waals surface area contributed by atoms with Gasteiger partial charge >= 0.3 is 0 Å². The van der Waals surface area contributed by atoms with Gasteiger partial charge in [0.05, 0.1) is 6.61 Å². The SMILES string of the molecule is OCc1cnc(Sc2ccccn2)nc1. The summed E-state index contributed by atoms with van der Waals surface area (Å²) in [6, 6.07) is 5.67. The molecule has 0 aromatic carbocycles. The maximum atomic E-state index is 8.82. The average Bonchev–Trinajstić information content (AvgIpc) is 2.31. The van der Waals surface area contributed by atoms with E-state index in [1.807, 2.05) is 18.2 Å². The molecule has 0 aliphatic carbocycles. The van der Waals surface area contributed by atoms with Crippen molar-refractivity contribution in [2.45, 2.75) is 16.8 Å². The van der Waals surface area contributed by atoms with Gasteiger partial charge in [0.15, 0.2) is 5.16 Å². The van der Waals surface area contributed by atoms with E-state index in [0.717, 1.165) is 5.03 Å². The van der Waals surface area contributed by atoms with Gasteiger partial charge in [0, 0.05) is 24.2 Å². The van der Waals surface area contributed by atoms with Gasteiger partial charge in [-0.1, -0.05) is 6.07 Å². The van der Waals surface area contributed by atoms with Gasteiger partial charge in [0.25, 0.3) is 0 Å². The first-order valence-corrected chi connectivity index (χ1v) is 5.21. The number of aromatic nitrogens is 3. The maximum absolute atomic E-state index is 8.82. The molecule has 4 nitrogen and oxygen atoms in total. The lowest BCUT2D eigenvalue weighted by Crippen LogP contribution is -1.90. The van der Waals surface area contributed by atoms with Crippen molar-refractivity contribution in [3.05, 3.63) is 42.4 Å². The van der Waals surface area contributed by atoms with Gasteiger partial charge in [-0.15, -0.1) is 0 Å². The molecule has 2 rings (SSSR count). The first-order chi connectivity index (χ1) is 7.38. The zero-order valence-corrected chi connectivity index (χ0v) is 8.68. The molecule has 2 aromatic rings. The standard InChI is InChI=1S/C10H9N3OS/c14-7-8-5-12-10(13-6-8)15-9-3-1-2-4-11-9/h1-6,14H,7H2. The minimum absolute atomic E-state index is 0.0332. The van der Waals surface area contributed by atoms with E-state index in [2.05, 4.69) is 15.0 Å². The summed E-state index contributed by atoms with van der Waals surface area (Å²) in [5, 5.41) is 10.3. The second-order valence-electron chi connectivity index (χ2n) is 2.80. The van der Waals surface area contributed by atoms with E-state index in [0.29, 0.717) is 10.7 Å². The van der Waals surface area contributed by atoms with Crippen molar-refractivity contribution in [2.24, 2.45) is 0 Å². The normalized spacial score (nSPS) is 10.2. The van der Waals surface area contributed by atoms with E-state index in [9.17, 15) is 0 Å². The Morgan fingerprint density at radius 1 is 1.13 bits per heavy atom. The van der Waals surface area contributed by atoms with E-state index in [-0.39, 0.29) is 6.61 Å². The van der Waals surface area contributed by atoms with Crippen LogP contribution in [0.4, 0.5) is 0 Å². The molecule has 0 radical (unpaired) electrons. The molecule has 1 N–H and O–H groups in total. The second kappa shape index (κ2) is 4.86. The zero-order chi connectivity index (χ0) is 10.5. The fraction of sp³-hybridized carbons (Fsp3) is 0.100. The lowest BCUT2D eigenvalue weighted by atomic mass is 10.4. The van der Waals surface area contributed by atoms with Gasteiger partial charge in [-0.25, -0.2) is 15.0 Å². The van der Waals surface area contributed by atoms with Gasteiger partial charge in [0.2, 0.25) is 0 Å². The van der Waals surface area contributed by atoms with Crippen LogP contribution >= 0.6 is 11.8 Å². The highest BCUT2D eigenvalue weighted by Crippen LogP contribution is 2.21. The largest absolute Gasteiger partial charge is 0.392 e. The molecule has 0 spiro atoms. The summed E-state index contributed by atoms with van der Waals surface area (Å²) in [6.45, 7) is -0.0332. The lowest BCUT2D eigenvalue weighted by Gasteiger charge is -1.99. The number of hydrogen-bond acceptors (Lipinski definition) is 5. The molecule has 0 unspecified atom stereocenters. The minimum atomic E-state index is -0.0332. The summed E-state index contributed by atoms with van der Waals surface area (Å²) in [7, 11) is 0. The van der Waals surface area contributed by atoms with Crippen LogP contribution in [0.25, 0.3) is 0 Å². The topological polar surface area (TPSA) is 58.9 Å². The van der Waals surface area contributed by atoms with Crippen LogP contribution in [0, 0.1) is 0 Å². The summed E-state index contributed by atoms with van der Waals surface area (Å²) in [4.78, 5) is 12.3. The summed E-state index contributed by atoms with van der Waals surface area (Å²) in [5.74, 6) is 0. The highest BCUT2D eigenvalue weighted by atomic mass is 32.2. The number of nitrogens with zero attached hydrogens (tertiary/aromatic N) is 3. The Bertz CT molecular complexity index is 418. The van der Waals surface area contributed by atoms with Gasteiger partial charge in [-0.05, 0) is 23.9 Å². The molecular formula is C10H9N3OS. The number of hydrogen-bond donors (Lipinski definition) is 1. The molecule has 0 aliphatic heterocycles. The highest BCUT2D eigenvalue weighted by molar-refractivity contribution is 7.99. The summed E-state index contributed by atoms with van der Waals surface area (Å²) in [6.07, 6.45) is 4.95. The van der Waals surface area contributed by atoms with Crippen molar-refractivity contribution in [1.82, 2.24) is 15.0 Å². The van der Waals surface area contributed by atoms with Crippen LogP contribution < -0.4 is 0 Å². The highest BCUT2D eigenvalue weighted by Gasteiger charge is 2.00. The van der Waals surface area contributed by atoms with Gasteiger partial charge < -0.3 is 5.11 Å². The predicted molar refractivity (Wildman–Crippen MR) is 56.3 cm³/mol. The summed E-state index contributed by atoms with van der Waals surface area (Å²) < 4.78 is 0. The van der Waals surface area contributed by atoms with Crippen molar-refractivity contribution in [1.29, 1.82) is 0 Å². The Labute approximate surface area is 91.4 Å². The average molecular weight is 219 g/mol. The Hall–Kier alpha value is -1.46. The van der Waals surface area contributed by atoms with Crippen molar-refractivity contribution >= 4 is 11.8 Å². The molecule has 15 heavy (non-hydrogen) atoms. The minimum Gasteiger partial charge on any atom is -0.392 e. The molecule has 0 amide bonds. The van der Waals surface area contributed by atoms with Crippen molar-refractivity contribution in [2.75, 3.05) is 0 Å². The van der Waals surface area contributed by atoms with Crippen LogP contribution in [-0.2, 0) is 6.61 Å². The van der Waals surface area contributed by atoms with E-state index in [1.54, 1.807) is 18.6 Å².